The van der Waals surface area contributed by atoms with Gasteiger partial charge in [-0.3, -0.25) is 0 Å². The predicted octanol–water partition coefficient (Wildman–Crippen LogP) is 4.37. The number of benzene rings is 2. The van der Waals surface area contributed by atoms with Crippen LogP contribution in [0.4, 0.5) is 5.95 Å². The van der Waals surface area contributed by atoms with Crippen molar-refractivity contribution in [1.82, 2.24) is 20.2 Å². The molecule has 0 aliphatic heterocycles. The van der Waals surface area contributed by atoms with E-state index in [-0.39, 0.29) is 6.61 Å². The Morgan fingerprint density at radius 2 is 1.81 bits per heavy atom. The average molecular weight is 429 g/mol. The molecule has 0 unspecified atom stereocenters. The van der Waals surface area contributed by atoms with Crippen LogP contribution in [0.25, 0.3) is 0 Å². The Labute approximate surface area is 171 Å². The molecule has 1 heterocycles. The van der Waals surface area contributed by atoms with Gasteiger partial charge in [0.2, 0.25) is 5.95 Å². The number of nitrogens with zero attached hydrogens (tertiary/aromatic N) is 4. The highest BCUT2D eigenvalue weighted by molar-refractivity contribution is 6.42. The fraction of sp³-hybridized carbons (Fsp3) is 0.235. The third-order valence-corrected chi connectivity index (χ3v) is 4.75. The van der Waals surface area contributed by atoms with Crippen LogP contribution in [0.5, 0.6) is 11.5 Å². The monoisotopic (exact) mass is 427 g/mol. The maximum absolute atomic E-state index is 6.40. The fourth-order valence-corrected chi connectivity index (χ4v) is 2.97. The van der Waals surface area contributed by atoms with Gasteiger partial charge in [0, 0.05) is 13.6 Å². The van der Waals surface area contributed by atoms with Gasteiger partial charge in [-0.1, -0.05) is 46.0 Å². The largest absolute Gasteiger partial charge is 0.493 e. The molecule has 0 bridgehead atoms. The second-order valence-electron chi connectivity index (χ2n) is 5.63. The zero-order valence-electron chi connectivity index (χ0n) is 14.5. The van der Waals surface area contributed by atoms with Crippen LogP contribution in [-0.2, 0) is 20.2 Å². The number of methoxy groups -OCH3 is 1. The smallest absolute Gasteiger partial charge is 0.242 e. The van der Waals surface area contributed by atoms with Crippen molar-refractivity contribution in [1.29, 1.82) is 0 Å². The third-order valence-electron chi connectivity index (χ3n) is 3.73. The van der Waals surface area contributed by atoms with E-state index in [0.29, 0.717) is 39.1 Å². The number of ether oxygens (including phenoxy) is 2. The van der Waals surface area contributed by atoms with Gasteiger partial charge in [0.15, 0.2) is 11.5 Å². The molecule has 0 amide bonds. The summed E-state index contributed by atoms with van der Waals surface area (Å²) in [6.45, 7) is 0.743. The normalized spacial score (nSPS) is 10.7. The lowest BCUT2D eigenvalue weighted by molar-refractivity contribution is 0.284. The molecule has 0 aliphatic rings. The molecule has 3 aromatic rings. The standard InChI is InChI=1S/C17H16Cl3N5O2/c1-25-17(22-23-24-25)21-8-11-6-14(20)16(15(7-11)26-2)27-9-10-3-4-12(18)13(19)5-10/h3-7H,8-9H2,1-2H3,(H,21,22,24). The zero-order chi connectivity index (χ0) is 19.4. The second-order valence-corrected chi connectivity index (χ2v) is 6.85. The molecule has 0 saturated heterocycles. The summed E-state index contributed by atoms with van der Waals surface area (Å²) in [5.74, 6) is 1.52. The summed E-state index contributed by atoms with van der Waals surface area (Å²) in [4.78, 5) is 0. The fourth-order valence-electron chi connectivity index (χ4n) is 2.36. The van der Waals surface area contributed by atoms with Gasteiger partial charge in [-0.25, -0.2) is 4.68 Å². The van der Waals surface area contributed by atoms with Crippen LogP contribution in [0.15, 0.2) is 30.3 Å². The summed E-state index contributed by atoms with van der Waals surface area (Å²) in [5.41, 5.74) is 1.75. The molecule has 142 valence electrons. The molecule has 0 fully saturated rings. The van der Waals surface area contributed by atoms with Gasteiger partial charge in [0.25, 0.3) is 0 Å². The van der Waals surface area contributed by atoms with Crippen LogP contribution in [0.2, 0.25) is 15.1 Å². The minimum Gasteiger partial charge on any atom is -0.493 e. The van der Waals surface area contributed by atoms with E-state index in [0.717, 1.165) is 11.1 Å². The summed E-state index contributed by atoms with van der Waals surface area (Å²) in [7, 11) is 3.30. The van der Waals surface area contributed by atoms with Crippen LogP contribution in [-0.4, -0.2) is 27.3 Å². The van der Waals surface area contributed by atoms with Gasteiger partial charge in [-0.05, 0) is 45.8 Å². The number of anilines is 1. The minimum absolute atomic E-state index is 0.273. The Hall–Kier alpha value is -2.22. The summed E-state index contributed by atoms with van der Waals surface area (Å²) in [6, 6.07) is 8.94. The van der Waals surface area contributed by atoms with Crippen molar-refractivity contribution in [2.24, 2.45) is 7.05 Å². The topological polar surface area (TPSA) is 74.1 Å². The van der Waals surface area contributed by atoms with Crippen LogP contribution in [0.3, 0.4) is 0 Å². The minimum atomic E-state index is 0.273. The third kappa shape index (κ3) is 4.74. The molecule has 10 heteroatoms. The Morgan fingerprint density at radius 1 is 1.04 bits per heavy atom. The van der Waals surface area contributed by atoms with Gasteiger partial charge < -0.3 is 14.8 Å². The molecule has 1 aromatic heterocycles. The molecule has 7 nitrogen and oxygen atoms in total. The summed E-state index contributed by atoms with van der Waals surface area (Å²) in [5, 5.41) is 15.7. The summed E-state index contributed by atoms with van der Waals surface area (Å²) < 4.78 is 12.8. The van der Waals surface area contributed by atoms with Crippen molar-refractivity contribution >= 4 is 40.8 Å². The predicted molar refractivity (Wildman–Crippen MR) is 105 cm³/mol. The van der Waals surface area contributed by atoms with Crippen LogP contribution >= 0.6 is 34.8 Å². The highest BCUT2D eigenvalue weighted by Gasteiger charge is 2.13. The first kappa shape index (κ1) is 19.5. The van der Waals surface area contributed by atoms with E-state index in [1.54, 1.807) is 32.4 Å². The quantitative estimate of drug-likeness (QED) is 0.602. The zero-order valence-corrected chi connectivity index (χ0v) is 16.8. The van der Waals surface area contributed by atoms with Crippen LogP contribution in [0, 0.1) is 0 Å². The van der Waals surface area contributed by atoms with E-state index in [9.17, 15) is 0 Å². The maximum atomic E-state index is 6.40. The van der Waals surface area contributed by atoms with E-state index in [2.05, 4.69) is 20.8 Å². The van der Waals surface area contributed by atoms with Crippen molar-refractivity contribution < 1.29 is 9.47 Å². The number of aryl methyl sites for hydroxylation is 1. The number of tetrazole rings is 1. The number of aromatic nitrogens is 4. The van der Waals surface area contributed by atoms with E-state index in [1.165, 1.54) is 4.68 Å². The molecule has 0 saturated carbocycles. The number of halogens is 3. The molecule has 27 heavy (non-hydrogen) atoms. The number of rotatable bonds is 7. The summed E-state index contributed by atoms with van der Waals surface area (Å²) >= 11 is 18.4. The molecule has 2 aromatic carbocycles. The highest BCUT2D eigenvalue weighted by atomic mass is 35.5. The molecule has 0 atom stereocenters. The van der Waals surface area contributed by atoms with Crippen molar-refractivity contribution in [3.05, 3.63) is 56.5 Å². The Morgan fingerprint density at radius 3 is 2.48 bits per heavy atom. The number of hydrogen-bond donors (Lipinski definition) is 1. The molecule has 1 N–H and O–H groups in total. The number of hydrogen-bond acceptors (Lipinski definition) is 6. The van der Waals surface area contributed by atoms with E-state index < -0.39 is 0 Å². The van der Waals surface area contributed by atoms with Gasteiger partial charge in [-0.2, -0.15) is 0 Å². The first-order valence-electron chi connectivity index (χ1n) is 7.87. The van der Waals surface area contributed by atoms with Crippen molar-refractivity contribution in [3.63, 3.8) is 0 Å². The van der Waals surface area contributed by atoms with E-state index in [1.807, 2.05) is 12.1 Å². The number of nitrogens with one attached hydrogen (secondary N) is 1. The maximum Gasteiger partial charge on any atom is 0.242 e. The Bertz CT molecular complexity index is 948. The highest BCUT2D eigenvalue weighted by Crippen LogP contribution is 2.37. The average Bonchev–Trinajstić information content (AvgIpc) is 3.06. The van der Waals surface area contributed by atoms with Gasteiger partial charge in [0.1, 0.15) is 6.61 Å². The first-order chi connectivity index (χ1) is 13.0. The first-order valence-corrected chi connectivity index (χ1v) is 9.00. The summed E-state index contributed by atoms with van der Waals surface area (Å²) in [6.07, 6.45) is 0. The lowest BCUT2D eigenvalue weighted by Gasteiger charge is -2.15. The van der Waals surface area contributed by atoms with Gasteiger partial charge >= 0.3 is 0 Å². The molecular weight excluding hydrogens is 413 g/mol. The van der Waals surface area contributed by atoms with Crippen molar-refractivity contribution in [2.45, 2.75) is 13.2 Å². The van der Waals surface area contributed by atoms with Gasteiger partial charge in [-0.15, -0.1) is 0 Å². The molecule has 0 aliphatic carbocycles. The second kappa shape index (κ2) is 8.65. The molecular formula is C17H16Cl3N5O2. The SMILES string of the molecule is COc1cc(CNc2nnnn2C)cc(Cl)c1OCc1ccc(Cl)c(Cl)c1. The van der Waals surface area contributed by atoms with Gasteiger partial charge in [0.05, 0.1) is 22.2 Å². The Kier molecular flexibility index (Phi) is 6.26. The molecule has 3 rings (SSSR count). The van der Waals surface area contributed by atoms with Crippen molar-refractivity contribution in [2.75, 3.05) is 12.4 Å². The Balaban J connectivity index is 1.73. The molecule has 0 spiro atoms. The van der Waals surface area contributed by atoms with E-state index in [4.69, 9.17) is 44.3 Å². The van der Waals surface area contributed by atoms with Crippen LogP contribution < -0.4 is 14.8 Å². The van der Waals surface area contributed by atoms with Crippen molar-refractivity contribution in [3.8, 4) is 11.5 Å². The van der Waals surface area contributed by atoms with Crippen LogP contribution in [0.1, 0.15) is 11.1 Å². The lowest BCUT2D eigenvalue weighted by atomic mass is 10.2. The lowest BCUT2D eigenvalue weighted by Crippen LogP contribution is -2.06. The molecule has 0 radical (unpaired) electrons. The van der Waals surface area contributed by atoms with E-state index >= 15 is 0 Å².